The van der Waals surface area contributed by atoms with Crippen LogP contribution in [0.25, 0.3) is 0 Å². The lowest BCUT2D eigenvalue weighted by molar-refractivity contribution is 0.416. The zero-order chi connectivity index (χ0) is 27.9. The van der Waals surface area contributed by atoms with Crippen LogP contribution in [0.2, 0.25) is 0 Å². The van der Waals surface area contributed by atoms with Gasteiger partial charge in [-0.25, -0.2) is 0 Å². The van der Waals surface area contributed by atoms with Gasteiger partial charge >= 0.3 is 0 Å². The molecule has 5 rings (SSSR count). The minimum absolute atomic E-state index is 0.0515. The molecule has 0 unspecified atom stereocenters. The van der Waals surface area contributed by atoms with E-state index in [4.69, 9.17) is 20.9 Å². The number of benzene rings is 5. The van der Waals surface area contributed by atoms with Crippen LogP contribution in [0, 0.1) is 23.7 Å². The molecule has 0 amide bonds. The standard InChI is InChI=1S/C34H24N2O4/c35-29-21-26(15-18-31(29)37)39-33-20-14-25(13-11-23-7-3-1-4-8-23)28(17-12-24-9-5-2-6-10-24)34(33)40-27-16-19-32(38)30(36)22-27/h1-10,14-16,18-22,37-38H,35-36H2. The molecule has 0 aliphatic rings. The molecule has 6 nitrogen and oxygen atoms in total. The van der Waals surface area contributed by atoms with Gasteiger partial charge in [0.2, 0.25) is 0 Å². The van der Waals surface area contributed by atoms with Gasteiger partial charge in [0, 0.05) is 28.8 Å². The Labute approximate surface area is 232 Å². The first-order chi connectivity index (χ1) is 19.5. The fourth-order valence-corrected chi connectivity index (χ4v) is 3.73. The van der Waals surface area contributed by atoms with Crippen molar-refractivity contribution in [3.8, 4) is 58.2 Å². The number of nitrogen functional groups attached to an aromatic ring is 2. The first kappa shape index (κ1) is 25.7. The summed E-state index contributed by atoms with van der Waals surface area (Å²) in [7, 11) is 0. The lowest BCUT2D eigenvalue weighted by atomic mass is 10.0. The minimum atomic E-state index is -0.0602. The molecule has 5 aromatic carbocycles. The molecule has 194 valence electrons. The van der Waals surface area contributed by atoms with Gasteiger partial charge in [-0.1, -0.05) is 60.1 Å². The molecule has 40 heavy (non-hydrogen) atoms. The SMILES string of the molecule is Nc1cc(Oc2ccc(C#Cc3ccccc3)c(C#Cc3ccccc3)c2Oc2ccc(O)c(N)c2)ccc1O. The largest absolute Gasteiger partial charge is 0.506 e. The molecular formula is C34H24N2O4. The fourth-order valence-electron chi connectivity index (χ4n) is 3.73. The maximum Gasteiger partial charge on any atom is 0.186 e. The predicted octanol–water partition coefficient (Wildman–Crippen LogP) is 6.65. The second kappa shape index (κ2) is 11.6. The van der Waals surface area contributed by atoms with Crippen molar-refractivity contribution in [1.29, 1.82) is 0 Å². The van der Waals surface area contributed by atoms with Gasteiger partial charge < -0.3 is 31.2 Å². The van der Waals surface area contributed by atoms with Crippen LogP contribution < -0.4 is 20.9 Å². The molecule has 0 heterocycles. The molecule has 0 aromatic heterocycles. The van der Waals surface area contributed by atoms with E-state index in [1.54, 1.807) is 18.2 Å². The van der Waals surface area contributed by atoms with Crippen LogP contribution in [0.15, 0.2) is 109 Å². The number of ether oxygens (including phenoxy) is 2. The molecule has 6 heteroatoms. The van der Waals surface area contributed by atoms with E-state index >= 15 is 0 Å². The highest BCUT2D eigenvalue weighted by atomic mass is 16.5. The topological polar surface area (TPSA) is 111 Å². The average molecular weight is 525 g/mol. The summed E-state index contributed by atoms with van der Waals surface area (Å²) in [6.07, 6.45) is 0. The number of anilines is 2. The molecule has 0 aliphatic heterocycles. The van der Waals surface area contributed by atoms with E-state index in [9.17, 15) is 10.2 Å². The molecule has 0 saturated heterocycles. The van der Waals surface area contributed by atoms with Crippen LogP contribution >= 0.6 is 0 Å². The van der Waals surface area contributed by atoms with Crippen molar-refractivity contribution >= 4 is 11.4 Å². The van der Waals surface area contributed by atoms with Gasteiger partial charge in [-0.2, -0.15) is 0 Å². The van der Waals surface area contributed by atoms with Gasteiger partial charge in [0.05, 0.1) is 16.9 Å². The van der Waals surface area contributed by atoms with Crippen molar-refractivity contribution in [2.75, 3.05) is 11.5 Å². The van der Waals surface area contributed by atoms with E-state index in [1.165, 1.54) is 24.3 Å². The maximum absolute atomic E-state index is 9.92. The molecule has 0 fully saturated rings. The van der Waals surface area contributed by atoms with Crippen LogP contribution in [-0.2, 0) is 0 Å². The van der Waals surface area contributed by atoms with Gasteiger partial charge in [-0.15, -0.1) is 0 Å². The fraction of sp³-hybridized carbons (Fsp3) is 0. The predicted molar refractivity (Wildman–Crippen MR) is 156 cm³/mol. The number of rotatable bonds is 4. The van der Waals surface area contributed by atoms with Crippen molar-refractivity contribution in [3.63, 3.8) is 0 Å². The van der Waals surface area contributed by atoms with Crippen LogP contribution in [0.3, 0.4) is 0 Å². The highest BCUT2D eigenvalue weighted by Gasteiger charge is 2.17. The molecular weight excluding hydrogens is 500 g/mol. The van der Waals surface area contributed by atoms with Gasteiger partial charge in [0.1, 0.15) is 23.0 Å². The Kier molecular flexibility index (Phi) is 7.44. The number of nitrogens with two attached hydrogens (primary N) is 2. The quantitative estimate of drug-likeness (QED) is 0.119. The Morgan fingerprint density at radius 2 is 1.05 bits per heavy atom. The lowest BCUT2D eigenvalue weighted by Gasteiger charge is -2.16. The van der Waals surface area contributed by atoms with Crippen LogP contribution in [0.4, 0.5) is 11.4 Å². The van der Waals surface area contributed by atoms with E-state index in [0.29, 0.717) is 34.1 Å². The Morgan fingerprint density at radius 3 is 1.60 bits per heavy atom. The second-order valence-corrected chi connectivity index (χ2v) is 8.69. The average Bonchev–Trinajstić information content (AvgIpc) is 2.97. The van der Waals surface area contributed by atoms with Crippen molar-refractivity contribution in [3.05, 3.63) is 131 Å². The highest BCUT2D eigenvalue weighted by molar-refractivity contribution is 5.67. The number of aromatic hydroxyl groups is 2. The molecule has 5 aromatic rings. The number of phenolic OH excluding ortho intramolecular Hbond substituents is 2. The zero-order valence-electron chi connectivity index (χ0n) is 21.3. The molecule has 0 saturated carbocycles. The van der Waals surface area contributed by atoms with Gasteiger partial charge in [-0.3, -0.25) is 0 Å². The van der Waals surface area contributed by atoms with Crippen molar-refractivity contribution in [1.82, 2.24) is 0 Å². The highest BCUT2D eigenvalue weighted by Crippen LogP contribution is 2.41. The normalized spacial score (nSPS) is 10.0. The van der Waals surface area contributed by atoms with Crippen molar-refractivity contribution in [2.24, 2.45) is 0 Å². The van der Waals surface area contributed by atoms with Crippen LogP contribution in [0.1, 0.15) is 22.3 Å². The van der Waals surface area contributed by atoms with Crippen molar-refractivity contribution in [2.45, 2.75) is 0 Å². The van der Waals surface area contributed by atoms with E-state index in [0.717, 1.165) is 11.1 Å². The zero-order valence-corrected chi connectivity index (χ0v) is 21.3. The smallest absolute Gasteiger partial charge is 0.186 e. The molecule has 0 atom stereocenters. The van der Waals surface area contributed by atoms with Gasteiger partial charge in [0.25, 0.3) is 0 Å². The lowest BCUT2D eigenvalue weighted by Crippen LogP contribution is -1.98. The third-order valence-electron chi connectivity index (χ3n) is 5.79. The molecule has 0 spiro atoms. The van der Waals surface area contributed by atoms with Crippen LogP contribution in [0.5, 0.6) is 34.5 Å². The monoisotopic (exact) mass is 524 g/mol. The summed E-state index contributed by atoms with van der Waals surface area (Å²) in [5, 5.41) is 19.8. The van der Waals surface area contributed by atoms with Gasteiger partial charge in [-0.05, 0) is 60.7 Å². The summed E-state index contributed by atoms with van der Waals surface area (Å²) >= 11 is 0. The van der Waals surface area contributed by atoms with E-state index < -0.39 is 0 Å². The molecule has 0 bridgehead atoms. The Hall–Kier alpha value is -5.98. The Morgan fingerprint density at radius 1 is 0.525 bits per heavy atom. The number of phenols is 2. The number of hydrogen-bond donors (Lipinski definition) is 4. The third-order valence-corrected chi connectivity index (χ3v) is 5.79. The van der Waals surface area contributed by atoms with E-state index in [1.807, 2.05) is 66.7 Å². The summed E-state index contributed by atoms with van der Waals surface area (Å²) in [5.41, 5.74) is 14.9. The Balaban J connectivity index is 1.69. The van der Waals surface area contributed by atoms with Gasteiger partial charge in [0.15, 0.2) is 11.5 Å². The minimum Gasteiger partial charge on any atom is -0.506 e. The molecule has 6 N–H and O–H groups in total. The Bertz CT molecular complexity index is 1800. The summed E-state index contributed by atoms with van der Waals surface area (Å²) in [4.78, 5) is 0. The van der Waals surface area contributed by atoms with E-state index in [2.05, 4.69) is 23.7 Å². The summed E-state index contributed by atoms with van der Waals surface area (Å²) in [6, 6.07) is 31.8. The maximum atomic E-state index is 9.92. The third kappa shape index (κ3) is 6.11. The molecule has 0 aliphatic carbocycles. The summed E-state index contributed by atoms with van der Waals surface area (Å²) in [6.45, 7) is 0. The summed E-state index contributed by atoms with van der Waals surface area (Å²) < 4.78 is 12.5. The van der Waals surface area contributed by atoms with Crippen molar-refractivity contribution < 1.29 is 19.7 Å². The first-order valence-electron chi connectivity index (χ1n) is 12.3. The first-order valence-corrected chi connectivity index (χ1v) is 12.3. The summed E-state index contributed by atoms with van der Waals surface area (Å²) in [5.74, 6) is 14.1. The number of hydrogen-bond acceptors (Lipinski definition) is 6. The van der Waals surface area contributed by atoms with Crippen LogP contribution in [-0.4, -0.2) is 10.2 Å². The second-order valence-electron chi connectivity index (χ2n) is 8.69. The molecule has 0 radical (unpaired) electrons. The van der Waals surface area contributed by atoms with E-state index in [-0.39, 0.29) is 22.9 Å².